The average molecular weight is 389 g/mol. The molecule has 0 aliphatic carbocycles. The highest BCUT2D eigenvalue weighted by atomic mass is 35.5. The number of amides is 1. The van der Waals surface area contributed by atoms with E-state index < -0.39 is 0 Å². The molecule has 3 nitrogen and oxygen atoms in total. The quantitative estimate of drug-likeness (QED) is 0.605. The van der Waals surface area contributed by atoms with Crippen molar-refractivity contribution in [3.8, 4) is 0 Å². The molecule has 0 saturated carbocycles. The zero-order valence-corrected chi connectivity index (χ0v) is 15.4. The van der Waals surface area contributed by atoms with Gasteiger partial charge in [0, 0.05) is 15.7 Å². The van der Waals surface area contributed by atoms with E-state index in [1.165, 1.54) is 0 Å². The first kappa shape index (κ1) is 17.7. The van der Waals surface area contributed by atoms with Crippen molar-refractivity contribution in [2.24, 2.45) is 0 Å². The molecule has 0 unspecified atom stereocenters. The van der Waals surface area contributed by atoms with Crippen LogP contribution in [-0.2, 0) is 11.2 Å². The number of benzene rings is 3. The third-order valence-corrected chi connectivity index (χ3v) is 4.24. The number of carbonyl (C=O) groups excluding carboxylic acids is 1. The summed E-state index contributed by atoms with van der Waals surface area (Å²) in [7, 11) is 0. The molecule has 0 fully saturated rings. The highest BCUT2D eigenvalue weighted by Gasteiger charge is 2.09. The van der Waals surface area contributed by atoms with Crippen molar-refractivity contribution in [2.75, 3.05) is 5.32 Å². The zero-order valence-electron chi connectivity index (χ0n) is 13.1. The third-order valence-electron chi connectivity index (χ3n) is 3.60. The predicted molar refractivity (Wildman–Crippen MR) is 108 cm³/mol. The van der Waals surface area contributed by atoms with Crippen LogP contribution in [0.2, 0.25) is 10.0 Å². The molecule has 6 heteroatoms. The molecule has 0 aromatic heterocycles. The third kappa shape index (κ3) is 4.69. The van der Waals surface area contributed by atoms with E-state index in [4.69, 9.17) is 35.4 Å². The normalized spacial score (nSPS) is 10.5. The molecule has 0 atom stereocenters. The second-order valence-corrected chi connectivity index (χ2v) is 6.76. The second kappa shape index (κ2) is 7.83. The van der Waals surface area contributed by atoms with Gasteiger partial charge in [-0.2, -0.15) is 0 Å². The van der Waals surface area contributed by atoms with Crippen LogP contribution in [0, 0.1) is 0 Å². The number of halogens is 2. The number of thiocarbonyl (C=S) groups is 1. The SMILES string of the molecule is O=C(Cc1cccc2ccccc12)NC(=S)Nc1cc(Cl)cc(Cl)c1. The van der Waals surface area contributed by atoms with Gasteiger partial charge < -0.3 is 10.6 Å². The molecule has 3 aromatic rings. The standard InChI is InChI=1S/C19H14Cl2N2OS/c20-14-9-15(21)11-16(10-14)22-19(25)23-18(24)8-13-6-3-5-12-4-1-2-7-17(12)13/h1-7,9-11H,8H2,(H2,22,23,24,25). The molecular weight excluding hydrogens is 375 g/mol. The first-order chi connectivity index (χ1) is 12.0. The van der Waals surface area contributed by atoms with Gasteiger partial charge in [-0.1, -0.05) is 65.7 Å². The summed E-state index contributed by atoms with van der Waals surface area (Å²) < 4.78 is 0. The lowest BCUT2D eigenvalue weighted by Gasteiger charge is -2.11. The summed E-state index contributed by atoms with van der Waals surface area (Å²) in [6, 6.07) is 18.8. The summed E-state index contributed by atoms with van der Waals surface area (Å²) >= 11 is 17.1. The van der Waals surface area contributed by atoms with Crippen molar-refractivity contribution in [2.45, 2.75) is 6.42 Å². The number of anilines is 1. The van der Waals surface area contributed by atoms with Gasteiger partial charge >= 0.3 is 0 Å². The molecule has 25 heavy (non-hydrogen) atoms. The molecule has 0 saturated heterocycles. The molecular formula is C19H14Cl2N2OS. The fourth-order valence-corrected chi connectivity index (χ4v) is 3.34. The van der Waals surface area contributed by atoms with Crippen molar-refractivity contribution in [3.63, 3.8) is 0 Å². The van der Waals surface area contributed by atoms with E-state index in [0.29, 0.717) is 15.7 Å². The Morgan fingerprint density at radius 2 is 1.64 bits per heavy atom. The Bertz CT molecular complexity index is 934. The van der Waals surface area contributed by atoms with Gasteiger partial charge in [-0.3, -0.25) is 4.79 Å². The van der Waals surface area contributed by atoms with E-state index in [2.05, 4.69) is 10.6 Å². The largest absolute Gasteiger partial charge is 0.332 e. The fourth-order valence-electron chi connectivity index (χ4n) is 2.58. The summed E-state index contributed by atoms with van der Waals surface area (Å²) in [4.78, 5) is 12.3. The van der Waals surface area contributed by atoms with E-state index in [1.54, 1.807) is 18.2 Å². The summed E-state index contributed by atoms with van der Waals surface area (Å²) in [5.41, 5.74) is 1.57. The minimum Gasteiger partial charge on any atom is -0.332 e. The maximum Gasteiger partial charge on any atom is 0.230 e. The minimum absolute atomic E-state index is 0.193. The van der Waals surface area contributed by atoms with Crippen LogP contribution < -0.4 is 10.6 Å². The van der Waals surface area contributed by atoms with Crippen LogP contribution in [0.4, 0.5) is 5.69 Å². The molecule has 0 heterocycles. The number of carbonyl (C=O) groups is 1. The monoisotopic (exact) mass is 388 g/mol. The van der Waals surface area contributed by atoms with Crippen LogP contribution in [0.3, 0.4) is 0 Å². The average Bonchev–Trinajstić information content (AvgIpc) is 2.54. The van der Waals surface area contributed by atoms with Crippen molar-refractivity contribution < 1.29 is 4.79 Å². The number of nitrogens with one attached hydrogen (secondary N) is 2. The van der Waals surface area contributed by atoms with E-state index in [9.17, 15) is 4.79 Å². The molecule has 0 aliphatic rings. The highest BCUT2D eigenvalue weighted by molar-refractivity contribution is 7.80. The summed E-state index contributed by atoms with van der Waals surface area (Å²) in [5.74, 6) is -0.193. The number of fused-ring (bicyclic) bond motifs is 1. The van der Waals surface area contributed by atoms with Crippen LogP contribution in [0.25, 0.3) is 10.8 Å². The van der Waals surface area contributed by atoms with Gasteiger partial charge in [-0.15, -0.1) is 0 Å². The molecule has 0 radical (unpaired) electrons. The lowest BCUT2D eigenvalue weighted by atomic mass is 10.0. The van der Waals surface area contributed by atoms with Crippen molar-refractivity contribution >= 4 is 62.9 Å². The Labute approximate surface area is 160 Å². The number of hydrogen-bond acceptors (Lipinski definition) is 2. The highest BCUT2D eigenvalue weighted by Crippen LogP contribution is 2.22. The van der Waals surface area contributed by atoms with Crippen LogP contribution in [0.15, 0.2) is 60.7 Å². The van der Waals surface area contributed by atoms with E-state index in [0.717, 1.165) is 16.3 Å². The lowest BCUT2D eigenvalue weighted by Crippen LogP contribution is -2.35. The van der Waals surface area contributed by atoms with Crippen molar-refractivity contribution in [1.29, 1.82) is 0 Å². The molecule has 0 bridgehead atoms. The molecule has 1 amide bonds. The second-order valence-electron chi connectivity index (χ2n) is 5.48. The number of hydrogen-bond donors (Lipinski definition) is 2. The molecule has 3 rings (SSSR count). The number of rotatable bonds is 3. The van der Waals surface area contributed by atoms with Gasteiger partial charge in [0.05, 0.1) is 6.42 Å². The molecule has 0 spiro atoms. The first-order valence-corrected chi connectivity index (χ1v) is 8.71. The lowest BCUT2D eigenvalue weighted by molar-refractivity contribution is -0.119. The minimum atomic E-state index is -0.193. The van der Waals surface area contributed by atoms with Crippen LogP contribution in [-0.4, -0.2) is 11.0 Å². The van der Waals surface area contributed by atoms with Gasteiger partial charge in [-0.05, 0) is 46.8 Å². The van der Waals surface area contributed by atoms with Crippen molar-refractivity contribution in [1.82, 2.24) is 5.32 Å². The van der Waals surface area contributed by atoms with Crippen LogP contribution >= 0.6 is 35.4 Å². The smallest absolute Gasteiger partial charge is 0.230 e. The van der Waals surface area contributed by atoms with Gasteiger partial charge in [-0.25, -0.2) is 0 Å². The van der Waals surface area contributed by atoms with E-state index in [-0.39, 0.29) is 17.4 Å². The Balaban J connectivity index is 1.66. The fraction of sp³-hybridized carbons (Fsp3) is 0.0526. The summed E-state index contributed by atoms with van der Waals surface area (Å²) in [6.45, 7) is 0. The van der Waals surface area contributed by atoms with Crippen LogP contribution in [0.1, 0.15) is 5.56 Å². The Hall–Kier alpha value is -2.14. The molecule has 2 N–H and O–H groups in total. The van der Waals surface area contributed by atoms with Gasteiger partial charge in [0.15, 0.2) is 5.11 Å². The first-order valence-electron chi connectivity index (χ1n) is 7.55. The van der Waals surface area contributed by atoms with Gasteiger partial charge in [0.1, 0.15) is 0 Å². The molecule has 3 aromatic carbocycles. The predicted octanol–water partition coefficient (Wildman–Crippen LogP) is 5.20. The van der Waals surface area contributed by atoms with E-state index >= 15 is 0 Å². The summed E-state index contributed by atoms with van der Waals surface area (Å²) in [5, 5.41) is 8.91. The van der Waals surface area contributed by atoms with Crippen LogP contribution in [0.5, 0.6) is 0 Å². The van der Waals surface area contributed by atoms with Gasteiger partial charge in [0.25, 0.3) is 0 Å². The van der Waals surface area contributed by atoms with Crippen molar-refractivity contribution in [3.05, 3.63) is 76.3 Å². The van der Waals surface area contributed by atoms with Gasteiger partial charge in [0.2, 0.25) is 5.91 Å². The zero-order chi connectivity index (χ0) is 17.8. The Kier molecular flexibility index (Phi) is 5.53. The Morgan fingerprint density at radius 1 is 0.960 bits per heavy atom. The summed E-state index contributed by atoms with van der Waals surface area (Å²) in [6.07, 6.45) is 0.236. The molecule has 126 valence electrons. The van der Waals surface area contributed by atoms with E-state index in [1.807, 2.05) is 42.5 Å². The topological polar surface area (TPSA) is 41.1 Å². The maximum absolute atomic E-state index is 12.3. The maximum atomic E-state index is 12.3. The molecule has 0 aliphatic heterocycles. The Morgan fingerprint density at radius 3 is 2.40 bits per heavy atom.